The molecule has 7 heteroatoms. The Morgan fingerprint density at radius 2 is 1.55 bits per heavy atom. The van der Waals surface area contributed by atoms with Crippen LogP contribution in [0.2, 0.25) is 0 Å². The second-order valence-electron chi connectivity index (χ2n) is 10.9. The lowest BCUT2D eigenvalue weighted by molar-refractivity contribution is -0.0486. The summed E-state index contributed by atoms with van der Waals surface area (Å²) in [6, 6.07) is 9.52. The first-order valence-electron chi connectivity index (χ1n) is 12.9. The Morgan fingerprint density at radius 1 is 0.879 bits per heavy atom. The van der Waals surface area contributed by atoms with Crippen molar-refractivity contribution in [2.45, 2.75) is 94.8 Å². The zero-order valence-corrected chi connectivity index (χ0v) is 19.3. The van der Waals surface area contributed by atoms with Crippen molar-refractivity contribution in [3.8, 4) is 0 Å². The number of fused-ring (bicyclic) bond motifs is 5. The number of nitrogen functional groups attached to an aromatic ring is 1. The third-order valence-corrected chi connectivity index (χ3v) is 9.04. The minimum Gasteiger partial charge on any atom is -0.302 e. The average Bonchev–Trinajstić information content (AvgIpc) is 2.82. The number of hydrogen-bond acceptors (Lipinski definition) is 5. The second kappa shape index (κ2) is 8.51. The second-order valence-corrected chi connectivity index (χ2v) is 10.9. The summed E-state index contributed by atoms with van der Waals surface area (Å²) in [5.74, 6) is 6.59. The van der Waals surface area contributed by atoms with Gasteiger partial charge < -0.3 is 4.57 Å². The van der Waals surface area contributed by atoms with Gasteiger partial charge in [0.15, 0.2) is 5.69 Å². The Balaban J connectivity index is 1.35. The fraction of sp³-hybridized carbons (Fsp3) is 0.654. The fourth-order valence-corrected chi connectivity index (χ4v) is 7.87. The lowest BCUT2D eigenvalue weighted by atomic mass is 9.68. The molecule has 2 aromatic rings. The van der Waals surface area contributed by atoms with Crippen LogP contribution in [0.4, 0.5) is 0 Å². The summed E-state index contributed by atoms with van der Waals surface area (Å²) in [4.78, 5) is 33.1. The maximum Gasteiger partial charge on any atom is 0.289 e. The van der Waals surface area contributed by atoms with Gasteiger partial charge in [0.2, 0.25) is 0 Å². The number of para-hydroxylation sites is 2. The number of piperidine rings is 2. The number of rotatable bonds is 3. The summed E-state index contributed by atoms with van der Waals surface area (Å²) in [5.41, 5.74) is 3.17. The molecule has 6 rings (SSSR count). The van der Waals surface area contributed by atoms with Crippen LogP contribution in [0.25, 0.3) is 11.0 Å². The molecule has 3 heterocycles. The molecule has 1 amide bonds. The van der Waals surface area contributed by atoms with E-state index in [-0.39, 0.29) is 17.3 Å². The topological polar surface area (TPSA) is 93.2 Å². The maximum absolute atomic E-state index is 13.5. The first kappa shape index (κ1) is 21.3. The quantitative estimate of drug-likeness (QED) is 0.425. The molecule has 4 fully saturated rings. The third kappa shape index (κ3) is 3.69. The van der Waals surface area contributed by atoms with Crippen molar-refractivity contribution >= 4 is 16.9 Å². The summed E-state index contributed by atoms with van der Waals surface area (Å²) in [5, 5.41) is 0. The van der Waals surface area contributed by atoms with Crippen molar-refractivity contribution in [3.63, 3.8) is 0 Å². The van der Waals surface area contributed by atoms with Crippen LogP contribution in [0.1, 0.15) is 87.2 Å². The van der Waals surface area contributed by atoms with E-state index < -0.39 is 5.91 Å². The summed E-state index contributed by atoms with van der Waals surface area (Å²) in [7, 11) is 0. The van der Waals surface area contributed by atoms with E-state index in [0.29, 0.717) is 17.6 Å². The van der Waals surface area contributed by atoms with Crippen molar-refractivity contribution in [2.75, 3.05) is 0 Å². The smallest absolute Gasteiger partial charge is 0.289 e. The molecule has 6 atom stereocenters. The predicted molar refractivity (Wildman–Crippen MR) is 128 cm³/mol. The number of benzene rings is 1. The Kier molecular flexibility index (Phi) is 5.49. The minimum absolute atomic E-state index is 0.0874. The number of hydrazine groups is 1. The molecule has 0 radical (unpaired) electrons. The number of carbonyl (C=O) groups excluding carboxylic acids is 1. The predicted octanol–water partition coefficient (Wildman–Crippen LogP) is 3.53. The summed E-state index contributed by atoms with van der Waals surface area (Å²) in [6.07, 6.45) is 14.1. The van der Waals surface area contributed by atoms with E-state index in [1.165, 1.54) is 57.8 Å². The molecule has 2 saturated heterocycles. The summed E-state index contributed by atoms with van der Waals surface area (Å²) in [6.45, 7) is 0. The van der Waals surface area contributed by atoms with Crippen LogP contribution in [-0.2, 0) is 0 Å². The maximum atomic E-state index is 13.5. The first-order valence-corrected chi connectivity index (χ1v) is 12.9. The van der Waals surface area contributed by atoms with Crippen LogP contribution in [0.15, 0.2) is 29.1 Å². The van der Waals surface area contributed by atoms with Gasteiger partial charge in [-0.1, -0.05) is 37.8 Å². The lowest BCUT2D eigenvalue weighted by Gasteiger charge is -2.55. The van der Waals surface area contributed by atoms with Gasteiger partial charge in [0.1, 0.15) is 0 Å². The highest BCUT2D eigenvalue weighted by Crippen LogP contribution is 2.47. The van der Waals surface area contributed by atoms with E-state index >= 15 is 0 Å². The van der Waals surface area contributed by atoms with Crippen molar-refractivity contribution in [2.24, 2.45) is 17.7 Å². The van der Waals surface area contributed by atoms with E-state index in [9.17, 15) is 9.59 Å². The van der Waals surface area contributed by atoms with Crippen LogP contribution in [-0.4, -0.2) is 38.5 Å². The molecule has 176 valence electrons. The molecular formula is C26H35N5O2. The molecule has 7 nitrogen and oxygen atoms in total. The van der Waals surface area contributed by atoms with Gasteiger partial charge in [0, 0.05) is 24.2 Å². The Labute approximate surface area is 194 Å². The van der Waals surface area contributed by atoms with Crippen LogP contribution < -0.4 is 16.8 Å². The number of nitrogens with zero attached hydrogens (tertiary/aromatic N) is 3. The highest BCUT2D eigenvalue weighted by molar-refractivity contribution is 5.93. The highest BCUT2D eigenvalue weighted by Gasteiger charge is 2.45. The average molecular weight is 450 g/mol. The zero-order valence-electron chi connectivity index (χ0n) is 19.3. The van der Waals surface area contributed by atoms with Crippen LogP contribution >= 0.6 is 0 Å². The molecule has 3 N–H and O–H groups in total. The van der Waals surface area contributed by atoms with Gasteiger partial charge in [-0.05, 0) is 68.9 Å². The Bertz CT molecular complexity index is 1090. The van der Waals surface area contributed by atoms with Gasteiger partial charge in [-0.25, -0.2) is 10.8 Å². The zero-order chi connectivity index (χ0) is 22.5. The van der Waals surface area contributed by atoms with Crippen molar-refractivity contribution < 1.29 is 4.79 Å². The first-order chi connectivity index (χ1) is 16.1. The van der Waals surface area contributed by atoms with E-state index in [0.717, 1.165) is 36.2 Å². The minimum atomic E-state index is -0.620. The highest BCUT2D eigenvalue weighted by atomic mass is 16.2. The lowest BCUT2D eigenvalue weighted by Crippen LogP contribution is -2.58. The molecule has 1 aromatic carbocycles. The van der Waals surface area contributed by atoms with Crippen molar-refractivity contribution in [1.29, 1.82) is 0 Å². The fourth-order valence-electron chi connectivity index (χ4n) is 7.87. The number of hydrogen-bond donors (Lipinski definition) is 2. The Hall–Kier alpha value is -2.25. The molecule has 2 aliphatic carbocycles. The van der Waals surface area contributed by atoms with Crippen LogP contribution in [0.3, 0.4) is 0 Å². The molecule has 4 bridgehead atoms. The number of amides is 1. The monoisotopic (exact) mass is 449 g/mol. The van der Waals surface area contributed by atoms with Crippen LogP contribution in [0, 0.1) is 11.8 Å². The van der Waals surface area contributed by atoms with Gasteiger partial charge in [0.05, 0.1) is 11.0 Å². The van der Waals surface area contributed by atoms with E-state index in [4.69, 9.17) is 5.84 Å². The molecule has 33 heavy (non-hydrogen) atoms. The molecule has 1 aromatic heterocycles. The van der Waals surface area contributed by atoms with E-state index in [1.807, 2.05) is 28.8 Å². The Morgan fingerprint density at radius 3 is 2.24 bits per heavy atom. The normalized spacial score (nSPS) is 34.2. The number of aromatic nitrogens is 2. The van der Waals surface area contributed by atoms with E-state index in [2.05, 4.69) is 15.3 Å². The van der Waals surface area contributed by atoms with Gasteiger partial charge in [-0.3, -0.25) is 19.9 Å². The molecule has 2 saturated carbocycles. The molecule has 2 aliphatic heterocycles. The molecule has 0 spiro atoms. The number of carbonyl (C=O) groups is 1. The van der Waals surface area contributed by atoms with Crippen LogP contribution in [0.5, 0.6) is 0 Å². The summed E-state index contributed by atoms with van der Waals surface area (Å²) >= 11 is 0. The molecule has 2 unspecified atom stereocenters. The van der Waals surface area contributed by atoms with Gasteiger partial charge in [0.25, 0.3) is 11.5 Å². The van der Waals surface area contributed by atoms with Crippen molar-refractivity contribution in [3.05, 3.63) is 40.3 Å². The van der Waals surface area contributed by atoms with Crippen molar-refractivity contribution in [1.82, 2.24) is 19.9 Å². The number of nitrogens with one attached hydrogen (secondary N) is 1. The molecule has 4 aliphatic rings. The standard InChI is InChI=1S/C26H35N5O2/c27-29-25(32)24-26(33)31(23-10-2-1-9-22(23)28-24)21-14-18-7-4-8-19(15-21)30(18)20-12-16-5-3-6-17(11-16)13-20/h1-2,9-10,16-21H,3-8,11-15,27H2,(H,29,32)/t16-,17+,18-,19+,20?,21?. The van der Waals surface area contributed by atoms with E-state index in [1.54, 1.807) is 0 Å². The van der Waals surface area contributed by atoms with Gasteiger partial charge in [-0.2, -0.15) is 0 Å². The molecular weight excluding hydrogens is 414 g/mol. The SMILES string of the molecule is NNC(=O)c1nc2ccccc2n(C2C[C@H]3CCC[C@@H](C2)N3C2C[C@H]3CCC[C@@H](C2)C3)c1=O. The largest absolute Gasteiger partial charge is 0.302 e. The van der Waals surface area contributed by atoms with Gasteiger partial charge >= 0.3 is 0 Å². The third-order valence-electron chi connectivity index (χ3n) is 9.04. The number of nitrogens with two attached hydrogens (primary N) is 1. The van der Waals surface area contributed by atoms with Gasteiger partial charge in [-0.15, -0.1) is 0 Å². The summed E-state index contributed by atoms with van der Waals surface area (Å²) < 4.78 is 1.87.